The van der Waals surface area contributed by atoms with Gasteiger partial charge < -0.3 is 4.90 Å². The summed E-state index contributed by atoms with van der Waals surface area (Å²) in [6, 6.07) is 9.85. The summed E-state index contributed by atoms with van der Waals surface area (Å²) in [4.78, 5) is 18.7. The van der Waals surface area contributed by atoms with Crippen LogP contribution in [0.1, 0.15) is 19.8 Å². The molecule has 1 aromatic heterocycles. The average molecular weight is 302 g/mol. The van der Waals surface area contributed by atoms with E-state index in [9.17, 15) is 4.79 Å². The molecule has 6 heteroatoms. The van der Waals surface area contributed by atoms with Gasteiger partial charge in [0.25, 0.3) is 0 Å². The fourth-order valence-corrected chi connectivity index (χ4v) is 3.24. The third-order valence-corrected chi connectivity index (χ3v) is 4.51. The van der Waals surface area contributed by atoms with Crippen LogP contribution in [-0.4, -0.2) is 44.3 Å². The SMILES string of the molecule is CC(Sc1n[nH]c(-c2ccccc2)n1)C(=O)N1CCCC1. The van der Waals surface area contributed by atoms with Crippen LogP contribution in [0.3, 0.4) is 0 Å². The first-order valence-corrected chi connectivity index (χ1v) is 8.05. The number of rotatable bonds is 4. The summed E-state index contributed by atoms with van der Waals surface area (Å²) in [5.41, 5.74) is 0.996. The van der Waals surface area contributed by atoms with Gasteiger partial charge in [0, 0.05) is 18.7 Å². The van der Waals surface area contributed by atoms with Gasteiger partial charge in [-0.05, 0) is 19.8 Å². The second-order valence-corrected chi connectivity index (χ2v) is 6.43. The standard InChI is InChI=1S/C15H18N4OS/c1-11(14(20)19-9-5-6-10-19)21-15-16-13(17-18-15)12-7-3-2-4-8-12/h2-4,7-8,11H,5-6,9-10H2,1H3,(H,16,17,18). The van der Waals surface area contributed by atoms with Crippen molar-refractivity contribution < 1.29 is 4.79 Å². The summed E-state index contributed by atoms with van der Waals surface area (Å²) in [5.74, 6) is 0.919. The molecule has 21 heavy (non-hydrogen) atoms. The van der Waals surface area contributed by atoms with Crippen LogP contribution in [0.4, 0.5) is 0 Å². The number of carbonyl (C=O) groups excluding carboxylic acids is 1. The first-order valence-electron chi connectivity index (χ1n) is 7.17. The number of likely N-dealkylation sites (tertiary alicyclic amines) is 1. The fraction of sp³-hybridized carbons (Fsp3) is 0.400. The van der Waals surface area contributed by atoms with Crippen molar-refractivity contribution in [2.75, 3.05) is 13.1 Å². The first-order chi connectivity index (χ1) is 10.2. The third-order valence-electron chi connectivity index (χ3n) is 3.56. The van der Waals surface area contributed by atoms with E-state index in [0.717, 1.165) is 37.3 Å². The second-order valence-electron chi connectivity index (χ2n) is 5.13. The predicted octanol–water partition coefficient (Wildman–Crippen LogP) is 2.57. The molecule has 1 aliphatic heterocycles. The number of nitrogens with one attached hydrogen (secondary N) is 1. The molecule has 1 unspecified atom stereocenters. The van der Waals surface area contributed by atoms with Crippen LogP contribution in [0, 0.1) is 0 Å². The molecule has 1 aliphatic rings. The van der Waals surface area contributed by atoms with E-state index in [4.69, 9.17) is 0 Å². The minimum atomic E-state index is -0.150. The van der Waals surface area contributed by atoms with E-state index in [1.165, 1.54) is 11.8 Å². The Hall–Kier alpha value is -1.82. The van der Waals surface area contributed by atoms with Crippen LogP contribution in [-0.2, 0) is 4.79 Å². The number of nitrogens with zero attached hydrogens (tertiary/aromatic N) is 3. The Morgan fingerprint density at radius 1 is 1.29 bits per heavy atom. The van der Waals surface area contributed by atoms with Crippen LogP contribution in [0.2, 0.25) is 0 Å². The largest absolute Gasteiger partial charge is 0.342 e. The number of hydrogen-bond acceptors (Lipinski definition) is 4. The van der Waals surface area contributed by atoms with E-state index in [-0.39, 0.29) is 11.2 Å². The van der Waals surface area contributed by atoms with Crippen LogP contribution >= 0.6 is 11.8 Å². The molecule has 1 N–H and O–H groups in total. The Kier molecular flexibility index (Phi) is 4.24. The molecule has 5 nitrogen and oxygen atoms in total. The van der Waals surface area contributed by atoms with Crippen molar-refractivity contribution in [3.63, 3.8) is 0 Å². The topological polar surface area (TPSA) is 61.9 Å². The van der Waals surface area contributed by atoms with E-state index in [1.54, 1.807) is 0 Å². The van der Waals surface area contributed by atoms with Gasteiger partial charge in [0.05, 0.1) is 5.25 Å². The number of benzene rings is 1. The van der Waals surface area contributed by atoms with Crippen molar-refractivity contribution in [1.29, 1.82) is 0 Å². The zero-order valence-corrected chi connectivity index (χ0v) is 12.8. The highest BCUT2D eigenvalue weighted by molar-refractivity contribution is 8.00. The third kappa shape index (κ3) is 3.26. The lowest BCUT2D eigenvalue weighted by atomic mass is 10.2. The summed E-state index contributed by atoms with van der Waals surface area (Å²) in [5, 5.41) is 7.60. The molecular formula is C15H18N4OS. The molecule has 0 saturated carbocycles. The van der Waals surface area contributed by atoms with Crippen LogP contribution < -0.4 is 0 Å². The van der Waals surface area contributed by atoms with Gasteiger partial charge in [0.2, 0.25) is 11.1 Å². The van der Waals surface area contributed by atoms with Crippen molar-refractivity contribution in [3.05, 3.63) is 30.3 Å². The van der Waals surface area contributed by atoms with Crippen molar-refractivity contribution >= 4 is 17.7 Å². The number of amides is 1. The smallest absolute Gasteiger partial charge is 0.235 e. The Bertz CT molecular complexity index is 607. The van der Waals surface area contributed by atoms with E-state index in [1.807, 2.05) is 42.2 Å². The van der Waals surface area contributed by atoms with Crippen LogP contribution in [0.25, 0.3) is 11.4 Å². The number of thioether (sulfide) groups is 1. The summed E-state index contributed by atoms with van der Waals surface area (Å²) in [7, 11) is 0. The number of H-pyrrole nitrogens is 1. The molecule has 1 saturated heterocycles. The maximum Gasteiger partial charge on any atom is 0.235 e. The highest BCUT2D eigenvalue weighted by atomic mass is 32.2. The molecule has 2 heterocycles. The number of aromatic amines is 1. The Balaban J connectivity index is 1.65. The van der Waals surface area contributed by atoms with E-state index < -0.39 is 0 Å². The molecule has 1 aromatic carbocycles. The van der Waals surface area contributed by atoms with Crippen LogP contribution in [0.15, 0.2) is 35.5 Å². The molecule has 1 amide bonds. The Morgan fingerprint density at radius 3 is 2.71 bits per heavy atom. The minimum Gasteiger partial charge on any atom is -0.342 e. The molecule has 0 spiro atoms. The maximum absolute atomic E-state index is 12.3. The molecule has 0 bridgehead atoms. The fourth-order valence-electron chi connectivity index (χ4n) is 2.43. The maximum atomic E-state index is 12.3. The lowest BCUT2D eigenvalue weighted by Crippen LogP contribution is -2.34. The molecule has 2 aromatic rings. The molecular weight excluding hydrogens is 284 g/mol. The van der Waals surface area contributed by atoms with E-state index in [0.29, 0.717) is 5.16 Å². The molecule has 1 fully saturated rings. The first kappa shape index (κ1) is 14.1. The lowest BCUT2D eigenvalue weighted by molar-refractivity contribution is -0.129. The monoisotopic (exact) mass is 302 g/mol. The van der Waals surface area contributed by atoms with Gasteiger partial charge in [0.15, 0.2) is 5.82 Å². The van der Waals surface area contributed by atoms with Gasteiger partial charge in [-0.25, -0.2) is 4.98 Å². The summed E-state index contributed by atoms with van der Waals surface area (Å²) >= 11 is 1.41. The zero-order valence-electron chi connectivity index (χ0n) is 12.0. The summed E-state index contributed by atoms with van der Waals surface area (Å²) in [6.07, 6.45) is 2.23. The minimum absolute atomic E-state index is 0.150. The zero-order chi connectivity index (χ0) is 14.7. The lowest BCUT2D eigenvalue weighted by Gasteiger charge is -2.18. The normalized spacial score (nSPS) is 16.1. The van der Waals surface area contributed by atoms with E-state index in [2.05, 4.69) is 15.2 Å². The predicted molar refractivity (Wildman–Crippen MR) is 83.0 cm³/mol. The number of hydrogen-bond donors (Lipinski definition) is 1. The molecule has 3 rings (SSSR count). The van der Waals surface area contributed by atoms with Gasteiger partial charge in [-0.1, -0.05) is 42.1 Å². The van der Waals surface area contributed by atoms with Gasteiger partial charge in [0.1, 0.15) is 0 Å². The number of aromatic nitrogens is 3. The molecule has 0 aliphatic carbocycles. The van der Waals surface area contributed by atoms with Gasteiger partial charge in [-0.3, -0.25) is 9.89 Å². The Morgan fingerprint density at radius 2 is 2.00 bits per heavy atom. The Labute approximate surface area is 128 Å². The summed E-state index contributed by atoms with van der Waals surface area (Å²) in [6.45, 7) is 3.68. The molecule has 0 radical (unpaired) electrons. The highest BCUT2D eigenvalue weighted by Crippen LogP contribution is 2.24. The van der Waals surface area contributed by atoms with Gasteiger partial charge in [-0.15, -0.1) is 5.10 Å². The highest BCUT2D eigenvalue weighted by Gasteiger charge is 2.25. The van der Waals surface area contributed by atoms with E-state index >= 15 is 0 Å². The van der Waals surface area contributed by atoms with Crippen molar-refractivity contribution in [2.24, 2.45) is 0 Å². The number of carbonyl (C=O) groups is 1. The van der Waals surface area contributed by atoms with Crippen molar-refractivity contribution in [2.45, 2.75) is 30.2 Å². The average Bonchev–Trinajstić information content (AvgIpc) is 3.19. The second kappa shape index (κ2) is 6.30. The molecule has 1 atom stereocenters. The van der Waals surface area contributed by atoms with Crippen molar-refractivity contribution in [1.82, 2.24) is 20.1 Å². The van der Waals surface area contributed by atoms with Gasteiger partial charge >= 0.3 is 0 Å². The quantitative estimate of drug-likeness (QED) is 0.882. The summed E-state index contributed by atoms with van der Waals surface area (Å²) < 4.78 is 0. The molecule has 110 valence electrons. The van der Waals surface area contributed by atoms with Gasteiger partial charge in [-0.2, -0.15) is 0 Å². The van der Waals surface area contributed by atoms with Crippen molar-refractivity contribution in [3.8, 4) is 11.4 Å². The van der Waals surface area contributed by atoms with Crippen LogP contribution in [0.5, 0.6) is 0 Å².